The summed E-state index contributed by atoms with van der Waals surface area (Å²) in [5.41, 5.74) is 8.03. The van der Waals surface area contributed by atoms with E-state index >= 15 is 0 Å². The number of hydrogen-bond acceptors (Lipinski definition) is 4. The van der Waals surface area contributed by atoms with Crippen molar-refractivity contribution in [3.63, 3.8) is 0 Å². The Balaban J connectivity index is 1.92. The van der Waals surface area contributed by atoms with Crippen LogP contribution in [0.1, 0.15) is 12.5 Å². The lowest BCUT2D eigenvalue weighted by molar-refractivity contribution is -0.118. The van der Waals surface area contributed by atoms with Crippen LogP contribution in [0.3, 0.4) is 0 Å². The molecule has 0 aliphatic heterocycles. The summed E-state index contributed by atoms with van der Waals surface area (Å²) in [6.45, 7) is 2.02. The molecule has 0 aromatic heterocycles. The number of nitrogens with two attached hydrogens (primary N) is 1. The summed E-state index contributed by atoms with van der Waals surface area (Å²) in [5.74, 6) is 0.917. The Hall–Kier alpha value is -2.69. The monoisotopic (exact) mass is 300 g/mol. The third kappa shape index (κ3) is 4.15. The number of carbonyl (C=O) groups is 1. The average Bonchev–Trinajstić information content (AvgIpc) is 2.55. The van der Waals surface area contributed by atoms with E-state index in [-0.39, 0.29) is 12.5 Å². The number of methoxy groups -OCH3 is 1. The molecule has 0 saturated heterocycles. The molecule has 0 unspecified atom stereocenters. The zero-order valence-corrected chi connectivity index (χ0v) is 12.8. The van der Waals surface area contributed by atoms with Crippen LogP contribution in [0.25, 0.3) is 0 Å². The number of amides is 1. The van der Waals surface area contributed by atoms with Crippen molar-refractivity contribution in [2.75, 3.05) is 24.8 Å². The van der Waals surface area contributed by atoms with Gasteiger partial charge in [-0.3, -0.25) is 4.79 Å². The van der Waals surface area contributed by atoms with Crippen LogP contribution in [0.5, 0.6) is 11.5 Å². The highest BCUT2D eigenvalue weighted by Crippen LogP contribution is 2.26. The molecule has 2 aromatic rings. The second-order valence-corrected chi connectivity index (χ2v) is 4.79. The van der Waals surface area contributed by atoms with E-state index in [0.29, 0.717) is 22.9 Å². The maximum absolute atomic E-state index is 11.9. The maximum Gasteiger partial charge on any atom is 0.262 e. The lowest BCUT2D eigenvalue weighted by Gasteiger charge is -2.11. The molecular weight excluding hydrogens is 280 g/mol. The van der Waals surface area contributed by atoms with Crippen LogP contribution in [0, 0.1) is 0 Å². The number of nitrogens with one attached hydrogen (secondary N) is 1. The van der Waals surface area contributed by atoms with Crippen molar-refractivity contribution in [1.82, 2.24) is 0 Å². The van der Waals surface area contributed by atoms with E-state index < -0.39 is 0 Å². The number of anilines is 2. The molecule has 0 heterocycles. The van der Waals surface area contributed by atoms with E-state index in [4.69, 9.17) is 15.2 Å². The zero-order chi connectivity index (χ0) is 15.9. The third-order valence-electron chi connectivity index (χ3n) is 3.20. The molecule has 0 aliphatic carbocycles. The molecular formula is C17H20N2O3. The lowest BCUT2D eigenvalue weighted by Crippen LogP contribution is -2.20. The van der Waals surface area contributed by atoms with E-state index in [0.717, 1.165) is 6.42 Å². The fourth-order valence-corrected chi connectivity index (χ4v) is 1.97. The Labute approximate surface area is 130 Å². The molecule has 0 bridgehead atoms. The predicted octanol–water partition coefficient (Wildman–Crippen LogP) is 2.86. The van der Waals surface area contributed by atoms with Gasteiger partial charge in [0.15, 0.2) is 6.61 Å². The van der Waals surface area contributed by atoms with Crippen molar-refractivity contribution in [2.24, 2.45) is 0 Å². The minimum Gasteiger partial charge on any atom is -0.494 e. The first-order valence-electron chi connectivity index (χ1n) is 7.07. The normalized spacial score (nSPS) is 10.1. The minimum atomic E-state index is -0.261. The van der Waals surface area contributed by atoms with Crippen LogP contribution in [0.4, 0.5) is 11.4 Å². The summed E-state index contributed by atoms with van der Waals surface area (Å²) in [5, 5.41) is 2.74. The number of rotatable bonds is 6. The molecule has 0 fully saturated rings. The van der Waals surface area contributed by atoms with E-state index in [1.54, 1.807) is 18.2 Å². The molecule has 1 amide bonds. The van der Waals surface area contributed by atoms with Gasteiger partial charge in [-0.1, -0.05) is 19.1 Å². The van der Waals surface area contributed by atoms with Crippen molar-refractivity contribution >= 4 is 17.3 Å². The van der Waals surface area contributed by atoms with Gasteiger partial charge in [-0.15, -0.1) is 0 Å². The van der Waals surface area contributed by atoms with Crippen molar-refractivity contribution < 1.29 is 14.3 Å². The van der Waals surface area contributed by atoms with E-state index in [2.05, 4.69) is 12.2 Å². The Morgan fingerprint density at radius 1 is 1.18 bits per heavy atom. The molecule has 22 heavy (non-hydrogen) atoms. The predicted molar refractivity (Wildman–Crippen MR) is 87.4 cm³/mol. The van der Waals surface area contributed by atoms with Crippen LogP contribution in [-0.2, 0) is 11.2 Å². The van der Waals surface area contributed by atoms with Gasteiger partial charge in [0.1, 0.15) is 11.5 Å². The molecule has 0 spiro atoms. The molecule has 2 aromatic carbocycles. The average molecular weight is 300 g/mol. The van der Waals surface area contributed by atoms with Gasteiger partial charge in [-0.05, 0) is 36.2 Å². The van der Waals surface area contributed by atoms with Gasteiger partial charge < -0.3 is 20.5 Å². The van der Waals surface area contributed by atoms with Crippen molar-refractivity contribution in [1.29, 1.82) is 0 Å². The number of nitrogen functional groups attached to an aromatic ring is 1. The Kier molecular flexibility index (Phi) is 5.25. The lowest BCUT2D eigenvalue weighted by atomic mass is 10.2. The summed E-state index contributed by atoms with van der Waals surface area (Å²) >= 11 is 0. The van der Waals surface area contributed by atoms with Crippen molar-refractivity contribution in [3.8, 4) is 11.5 Å². The molecule has 0 saturated carbocycles. The van der Waals surface area contributed by atoms with Crippen LogP contribution in [0.15, 0.2) is 42.5 Å². The van der Waals surface area contributed by atoms with Crippen LogP contribution >= 0.6 is 0 Å². The number of hydrogen-bond donors (Lipinski definition) is 2. The van der Waals surface area contributed by atoms with Crippen molar-refractivity contribution in [3.05, 3.63) is 48.0 Å². The molecule has 2 rings (SSSR count). The summed E-state index contributed by atoms with van der Waals surface area (Å²) in [6, 6.07) is 12.7. The van der Waals surface area contributed by atoms with Crippen molar-refractivity contribution in [2.45, 2.75) is 13.3 Å². The second-order valence-electron chi connectivity index (χ2n) is 4.79. The first kappa shape index (κ1) is 15.7. The van der Waals surface area contributed by atoms with Gasteiger partial charge in [-0.25, -0.2) is 0 Å². The van der Waals surface area contributed by atoms with Crippen LogP contribution in [-0.4, -0.2) is 19.6 Å². The third-order valence-corrected chi connectivity index (χ3v) is 3.20. The van der Waals surface area contributed by atoms with Crippen LogP contribution in [0.2, 0.25) is 0 Å². The minimum absolute atomic E-state index is 0.0704. The second kappa shape index (κ2) is 7.36. The highest BCUT2D eigenvalue weighted by atomic mass is 16.5. The Morgan fingerprint density at radius 3 is 2.55 bits per heavy atom. The standard InChI is InChI=1S/C17H20N2O3/c1-3-12-4-7-14(8-5-12)22-11-17(20)19-15-9-6-13(18)10-16(15)21-2/h4-10H,3,11,18H2,1-2H3,(H,19,20). The summed E-state index contributed by atoms with van der Waals surface area (Å²) < 4.78 is 10.6. The summed E-state index contributed by atoms with van der Waals surface area (Å²) in [7, 11) is 1.52. The Morgan fingerprint density at radius 2 is 1.91 bits per heavy atom. The molecule has 3 N–H and O–H groups in total. The number of carbonyl (C=O) groups excluding carboxylic acids is 1. The first-order chi connectivity index (χ1) is 10.6. The smallest absolute Gasteiger partial charge is 0.262 e. The van der Waals surface area contributed by atoms with E-state index in [1.807, 2.05) is 24.3 Å². The summed E-state index contributed by atoms with van der Waals surface area (Å²) in [4.78, 5) is 11.9. The molecule has 5 nitrogen and oxygen atoms in total. The SMILES string of the molecule is CCc1ccc(OCC(=O)Nc2ccc(N)cc2OC)cc1. The molecule has 5 heteroatoms. The molecule has 0 atom stereocenters. The van der Waals surface area contributed by atoms with Gasteiger partial charge in [0.05, 0.1) is 12.8 Å². The number of ether oxygens (including phenoxy) is 2. The number of benzene rings is 2. The van der Waals surface area contributed by atoms with Gasteiger partial charge in [0.25, 0.3) is 5.91 Å². The largest absolute Gasteiger partial charge is 0.494 e. The first-order valence-corrected chi connectivity index (χ1v) is 7.07. The van der Waals surface area contributed by atoms with Gasteiger partial charge in [0, 0.05) is 11.8 Å². The highest BCUT2D eigenvalue weighted by molar-refractivity contribution is 5.93. The fourth-order valence-electron chi connectivity index (χ4n) is 1.97. The quantitative estimate of drug-likeness (QED) is 0.805. The highest BCUT2D eigenvalue weighted by Gasteiger charge is 2.08. The van der Waals surface area contributed by atoms with E-state index in [1.165, 1.54) is 12.7 Å². The topological polar surface area (TPSA) is 73.6 Å². The Bertz CT molecular complexity index is 639. The molecule has 116 valence electrons. The van der Waals surface area contributed by atoms with Gasteiger partial charge in [0.2, 0.25) is 0 Å². The fraction of sp³-hybridized carbons (Fsp3) is 0.235. The maximum atomic E-state index is 11.9. The number of aryl methyl sites for hydroxylation is 1. The summed E-state index contributed by atoms with van der Waals surface area (Å²) in [6.07, 6.45) is 0.970. The van der Waals surface area contributed by atoms with Gasteiger partial charge >= 0.3 is 0 Å². The molecule has 0 radical (unpaired) electrons. The van der Waals surface area contributed by atoms with Gasteiger partial charge in [-0.2, -0.15) is 0 Å². The zero-order valence-electron chi connectivity index (χ0n) is 12.8. The van der Waals surface area contributed by atoms with Crippen LogP contribution < -0.4 is 20.5 Å². The van der Waals surface area contributed by atoms with E-state index in [9.17, 15) is 4.79 Å². The molecule has 0 aliphatic rings.